The van der Waals surface area contributed by atoms with Crippen molar-refractivity contribution in [3.63, 3.8) is 0 Å². The van der Waals surface area contributed by atoms with Gasteiger partial charge in [0.2, 0.25) is 0 Å². The average molecular weight is 447 g/mol. The van der Waals surface area contributed by atoms with E-state index in [2.05, 4.69) is 25.6 Å². The number of carbonyl (C=O) groups is 1. The molecule has 0 fully saturated rings. The molecule has 1 amide bonds. The quantitative estimate of drug-likeness (QED) is 0.394. The Labute approximate surface area is 188 Å². The Morgan fingerprint density at radius 3 is 2.36 bits per heavy atom. The van der Waals surface area contributed by atoms with Crippen LogP contribution in [0.4, 0.5) is 17.2 Å². The van der Waals surface area contributed by atoms with Gasteiger partial charge in [0.15, 0.2) is 11.5 Å². The standard InChI is InChI=1S/C23H21N5O5/c1-31-15-7-5-14(6-8-15)26-20-16-11-17(23(30)28-21(16)25-12-24-20)27-22(29)13-4-9-18(32-2)19(10-13)33-3/h4-12H,1-3H3,(H,27,29)(H2,24,25,26,28,30). The van der Waals surface area contributed by atoms with Crippen LogP contribution in [0.2, 0.25) is 0 Å². The zero-order valence-electron chi connectivity index (χ0n) is 18.1. The minimum atomic E-state index is -0.495. The van der Waals surface area contributed by atoms with Crippen LogP contribution in [0, 0.1) is 0 Å². The summed E-state index contributed by atoms with van der Waals surface area (Å²) in [5.74, 6) is 1.59. The number of benzene rings is 2. The van der Waals surface area contributed by atoms with Crippen molar-refractivity contribution < 1.29 is 19.0 Å². The maximum Gasteiger partial charge on any atom is 0.273 e. The summed E-state index contributed by atoms with van der Waals surface area (Å²) in [5.41, 5.74) is 0.946. The number of H-pyrrole nitrogens is 1. The molecule has 0 unspecified atom stereocenters. The molecule has 3 N–H and O–H groups in total. The van der Waals surface area contributed by atoms with Gasteiger partial charge in [0.05, 0.1) is 26.7 Å². The van der Waals surface area contributed by atoms with E-state index in [9.17, 15) is 9.59 Å². The number of nitrogens with one attached hydrogen (secondary N) is 3. The summed E-state index contributed by atoms with van der Waals surface area (Å²) in [6.07, 6.45) is 1.34. The number of ether oxygens (including phenoxy) is 3. The highest BCUT2D eigenvalue weighted by atomic mass is 16.5. The summed E-state index contributed by atoms with van der Waals surface area (Å²) in [6, 6.07) is 13.5. The van der Waals surface area contributed by atoms with Crippen molar-refractivity contribution in [2.24, 2.45) is 0 Å². The van der Waals surface area contributed by atoms with Crippen molar-refractivity contribution in [2.75, 3.05) is 32.0 Å². The minimum absolute atomic E-state index is 0.0508. The molecule has 0 bridgehead atoms. The molecule has 2 aromatic carbocycles. The maximum atomic E-state index is 12.8. The fourth-order valence-corrected chi connectivity index (χ4v) is 3.19. The number of fused-ring (bicyclic) bond motifs is 1. The zero-order valence-corrected chi connectivity index (χ0v) is 18.1. The molecule has 0 radical (unpaired) electrons. The van der Waals surface area contributed by atoms with Crippen molar-refractivity contribution in [1.82, 2.24) is 15.0 Å². The van der Waals surface area contributed by atoms with Gasteiger partial charge in [0, 0.05) is 11.3 Å². The first-order chi connectivity index (χ1) is 16.0. The Morgan fingerprint density at radius 1 is 0.909 bits per heavy atom. The molecule has 10 heteroatoms. The fourth-order valence-electron chi connectivity index (χ4n) is 3.19. The Kier molecular flexibility index (Phi) is 6.07. The number of aromatic amines is 1. The number of nitrogens with zero attached hydrogens (tertiary/aromatic N) is 2. The Morgan fingerprint density at radius 2 is 1.67 bits per heavy atom. The van der Waals surface area contributed by atoms with Crippen LogP contribution in [0.1, 0.15) is 10.4 Å². The maximum absolute atomic E-state index is 12.8. The summed E-state index contributed by atoms with van der Waals surface area (Å²) < 4.78 is 15.6. The predicted octanol–water partition coefficient (Wildman–Crippen LogP) is 3.34. The molecule has 0 aliphatic heterocycles. The largest absolute Gasteiger partial charge is 0.497 e. The molecule has 0 saturated carbocycles. The van der Waals surface area contributed by atoms with Crippen LogP contribution in [-0.2, 0) is 0 Å². The van der Waals surface area contributed by atoms with Gasteiger partial charge in [0.25, 0.3) is 11.5 Å². The third-order valence-corrected chi connectivity index (χ3v) is 4.90. The molecule has 0 spiro atoms. The van der Waals surface area contributed by atoms with E-state index in [1.54, 1.807) is 19.2 Å². The van der Waals surface area contributed by atoms with E-state index in [4.69, 9.17) is 14.2 Å². The van der Waals surface area contributed by atoms with Crippen LogP contribution in [0.5, 0.6) is 17.2 Å². The monoisotopic (exact) mass is 447 g/mol. The van der Waals surface area contributed by atoms with Crippen LogP contribution in [-0.4, -0.2) is 42.2 Å². The highest BCUT2D eigenvalue weighted by Crippen LogP contribution is 2.28. The van der Waals surface area contributed by atoms with Gasteiger partial charge >= 0.3 is 0 Å². The zero-order chi connectivity index (χ0) is 23.4. The number of pyridine rings is 1. The third-order valence-electron chi connectivity index (χ3n) is 4.90. The molecular formula is C23H21N5O5. The van der Waals surface area contributed by atoms with Gasteiger partial charge < -0.3 is 29.8 Å². The molecule has 0 aliphatic rings. The van der Waals surface area contributed by atoms with Crippen LogP contribution in [0.3, 0.4) is 0 Å². The Hall–Kier alpha value is -4.60. The van der Waals surface area contributed by atoms with E-state index in [0.29, 0.717) is 33.9 Å². The van der Waals surface area contributed by atoms with E-state index in [-0.39, 0.29) is 5.69 Å². The smallest absolute Gasteiger partial charge is 0.273 e. The molecule has 168 valence electrons. The average Bonchev–Trinajstić information content (AvgIpc) is 2.84. The molecular weight excluding hydrogens is 426 g/mol. The molecule has 0 saturated heterocycles. The molecule has 0 atom stereocenters. The van der Waals surface area contributed by atoms with Gasteiger partial charge in [-0.05, 0) is 48.5 Å². The highest BCUT2D eigenvalue weighted by Gasteiger charge is 2.15. The number of hydrogen-bond acceptors (Lipinski definition) is 8. The molecule has 2 aromatic heterocycles. The lowest BCUT2D eigenvalue weighted by molar-refractivity contribution is 0.102. The van der Waals surface area contributed by atoms with Crippen molar-refractivity contribution in [3.8, 4) is 17.2 Å². The summed E-state index contributed by atoms with van der Waals surface area (Å²) in [6.45, 7) is 0. The Bertz CT molecular complexity index is 1370. The van der Waals surface area contributed by atoms with E-state index in [0.717, 1.165) is 11.4 Å². The summed E-state index contributed by atoms with van der Waals surface area (Å²) in [4.78, 5) is 36.4. The topological polar surface area (TPSA) is 127 Å². The number of carbonyl (C=O) groups excluding carboxylic acids is 1. The highest BCUT2D eigenvalue weighted by molar-refractivity contribution is 6.05. The predicted molar refractivity (Wildman–Crippen MR) is 124 cm³/mol. The van der Waals surface area contributed by atoms with Gasteiger partial charge in [-0.3, -0.25) is 9.59 Å². The minimum Gasteiger partial charge on any atom is -0.497 e. The number of anilines is 3. The van der Waals surface area contributed by atoms with E-state index in [1.165, 1.54) is 32.7 Å². The summed E-state index contributed by atoms with van der Waals surface area (Å²) in [7, 11) is 4.57. The van der Waals surface area contributed by atoms with Crippen molar-refractivity contribution in [1.29, 1.82) is 0 Å². The van der Waals surface area contributed by atoms with Gasteiger partial charge in [-0.1, -0.05) is 0 Å². The molecule has 33 heavy (non-hydrogen) atoms. The van der Waals surface area contributed by atoms with Crippen molar-refractivity contribution in [3.05, 3.63) is 70.8 Å². The van der Waals surface area contributed by atoms with Gasteiger partial charge in [0.1, 0.15) is 29.2 Å². The molecule has 2 heterocycles. The first kappa shape index (κ1) is 21.6. The van der Waals surface area contributed by atoms with Crippen molar-refractivity contribution >= 4 is 34.1 Å². The number of amides is 1. The van der Waals surface area contributed by atoms with Crippen LogP contribution >= 0.6 is 0 Å². The van der Waals surface area contributed by atoms with Crippen molar-refractivity contribution in [2.45, 2.75) is 0 Å². The van der Waals surface area contributed by atoms with Crippen LogP contribution in [0.15, 0.2) is 59.7 Å². The van der Waals surface area contributed by atoms with Gasteiger partial charge in [-0.2, -0.15) is 0 Å². The second kappa shape index (κ2) is 9.27. The number of methoxy groups -OCH3 is 3. The van der Waals surface area contributed by atoms with Crippen LogP contribution in [0.25, 0.3) is 11.0 Å². The number of rotatable bonds is 7. The summed E-state index contributed by atoms with van der Waals surface area (Å²) in [5, 5.41) is 6.34. The van der Waals surface area contributed by atoms with E-state index >= 15 is 0 Å². The number of hydrogen-bond donors (Lipinski definition) is 3. The third kappa shape index (κ3) is 4.54. The summed E-state index contributed by atoms with van der Waals surface area (Å²) >= 11 is 0. The van der Waals surface area contributed by atoms with Crippen LogP contribution < -0.4 is 30.4 Å². The molecule has 0 aliphatic carbocycles. The van der Waals surface area contributed by atoms with E-state index < -0.39 is 11.5 Å². The second-order valence-electron chi connectivity index (χ2n) is 6.87. The second-order valence-corrected chi connectivity index (χ2v) is 6.87. The lowest BCUT2D eigenvalue weighted by atomic mass is 10.2. The molecule has 4 rings (SSSR count). The molecule has 10 nitrogen and oxygen atoms in total. The SMILES string of the molecule is COc1ccc(Nc2ncnc3[nH]c(=O)c(NC(=O)c4ccc(OC)c(OC)c4)cc23)cc1. The molecule has 4 aromatic rings. The van der Waals surface area contributed by atoms with Gasteiger partial charge in [-0.25, -0.2) is 9.97 Å². The van der Waals surface area contributed by atoms with E-state index in [1.807, 2.05) is 24.3 Å². The van der Waals surface area contributed by atoms with Gasteiger partial charge in [-0.15, -0.1) is 0 Å². The fraction of sp³-hybridized carbons (Fsp3) is 0.130. The number of aromatic nitrogens is 3. The first-order valence-electron chi connectivity index (χ1n) is 9.85. The lowest BCUT2D eigenvalue weighted by Crippen LogP contribution is -2.20. The Balaban J connectivity index is 1.65. The normalized spacial score (nSPS) is 10.5. The first-order valence-corrected chi connectivity index (χ1v) is 9.85. The lowest BCUT2D eigenvalue weighted by Gasteiger charge is -2.11.